The maximum atomic E-state index is 6.04. The normalized spacial score (nSPS) is 10.3. The third-order valence-electron chi connectivity index (χ3n) is 2.95. The van der Waals surface area contributed by atoms with Crippen LogP contribution in [0.4, 0.5) is 11.4 Å². The summed E-state index contributed by atoms with van der Waals surface area (Å²) < 4.78 is 5.36. The molecule has 0 radical (unpaired) electrons. The summed E-state index contributed by atoms with van der Waals surface area (Å²) in [5.74, 6) is 0.808. The minimum atomic E-state index is 0.694. The van der Waals surface area contributed by atoms with Crippen LogP contribution in [-0.4, -0.2) is 14.2 Å². The van der Waals surface area contributed by atoms with E-state index in [0.717, 1.165) is 23.7 Å². The predicted molar refractivity (Wildman–Crippen MR) is 81.0 cm³/mol. The van der Waals surface area contributed by atoms with E-state index in [1.165, 1.54) is 5.56 Å². The smallest absolute Gasteiger partial charge is 0.142 e. The summed E-state index contributed by atoms with van der Waals surface area (Å²) in [6, 6.07) is 13.4. The zero-order valence-corrected chi connectivity index (χ0v) is 11.8. The molecule has 2 aromatic carbocycles. The van der Waals surface area contributed by atoms with Crippen molar-refractivity contribution >= 4 is 23.0 Å². The molecule has 0 aliphatic heterocycles. The van der Waals surface area contributed by atoms with Gasteiger partial charge in [0.15, 0.2) is 0 Å². The Morgan fingerprint density at radius 3 is 2.47 bits per heavy atom. The van der Waals surface area contributed by atoms with Crippen molar-refractivity contribution in [3.63, 3.8) is 0 Å². The van der Waals surface area contributed by atoms with Crippen LogP contribution in [0.1, 0.15) is 5.56 Å². The summed E-state index contributed by atoms with van der Waals surface area (Å²) in [6.45, 7) is 0.761. The van der Waals surface area contributed by atoms with Crippen LogP contribution in [0.2, 0.25) is 5.02 Å². The van der Waals surface area contributed by atoms with Gasteiger partial charge in [0.1, 0.15) is 5.75 Å². The van der Waals surface area contributed by atoms with Crippen molar-refractivity contribution in [1.82, 2.24) is 0 Å². The Balaban J connectivity index is 2.21. The molecule has 2 N–H and O–H groups in total. The fourth-order valence-corrected chi connectivity index (χ4v) is 2.11. The van der Waals surface area contributed by atoms with Crippen LogP contribution in [0.3, 0.4) is 0 Å². The van der Waals surface area contributed by atoms with Crippen molar-refractivity contribution in [2.24, 2.45) is 0 Å². The van der Waals surface area contributed by atoms with Crippen LogP contribution >= 0.6 is 11.6 Å². The van der Waals surface area contributed by atoms with E-state index in [4.69, 9.17) is 22.1 Å². The Labute approximate surface area is 118 Å². The molecule has 3 nitrogen and oxygen atoms in total. The zero-order chi connectivity index (χ0) is 13.8. The monoisotopic (exact) mass is 276 g/mol. The molecule has 0 atom stereocenters. The molecule has 0 saturated carbocycles. The first-order valence-corrected chi connectivity index (χ1v) is 6.37. The summed E-state index contributed by atoms with van der Waals surface area (Å²) in [4.78, 5) is 2.09. The van der Waals surface area contributed by atoms with Crippen molar-refractivity contribution in [2.75, 3.05) is 24.8 Å². The number of benzene rings is 2. The number of rotatable bonds is 4. The summed E-state index contributed by atoms with van der Waals surface area (Å²) in [7, 11) is 3.66. The molecule has 0 aliphatic rings. The van der Waals surface area contributed by atoms with Gasteiger partial charge in [-0.3, -0.25) is 0 Å². The van der Waals surface area contributed by atoms with E-state index in [-0.39, 0.29) is 0 Å². The lowest BCUT2D eigenvalue weighted by molar-refractivity contribution is 0.415. The van der Waals surface area contributed by atoms with Crippen LogP contribution in [0.25, 0.3) is 0 Å². The summed E-state index contributed by atoms with van der Waals surface area (Å²) >= 11 is 6.04. The van der Waals surface area contributed by atoms with Gasteiger partial charge in [0.2, 0.25) is 0 Å². The lowest BCUT2D eigenvalue weighted by Crippen LogP contribution is -2.17. The van der Waals surface area contributed by atoms with E-state index in [2.05, 4.69) is 4.90 Å². The number of methoxy groups -OCH3 is 1. The second-order valence-corrected chi connectivity index (χ2v) is 4.85. The fraction of sp³-hybridized carbons (Fsp3) is 0.200. The molecule has 0 fully saturated rings. The molecule has 19 heavy (non-hydrogen) atoms. The summed E-state index contributed by atoms with van der Waals surface area (Å²) in [5, 5.41) is 0.694. The third kappa shape index (κ3) is 3.32. The van der Waals surface area contributed by atoms with Crippen LogP contribution in [-0.2, 0) is 6.54 Å². The molecule has 0 heterocycles. The first kappa shape index (κ1) is 13.6. The molecule has 0 aliphatic carbocycles. The van der Waals surface area contributed by atoms with E-state index in [1.54, 1.807) is 7.11 Å². The van der Waals surface area contributed by atoms with E-state index in [9.17, 15) is 0 Å². The Bertz CT molecular complexity index is 555. The standard InChI is InChI=1S/C15H17ClN2O/c1-18(10-11-3-6-13(17)7-4-11)14-9-12(16)5-8-15(14)19-2/h3-9H,10,17H2,1-2H3. The van der Waals surface area contributed by atoms with E-state index >= 15 is 0 Å². The highest BCUT2D eigenvalue weighted by atomic mass is 35.5. The SMILES string of the molecule is COc1ccc(Cl)cc1N(C)Cc1ccc(N)cc1. The van der Waals surface area contributed by atoms with Gasteiger partial charge in [-0.05, 0) is 35.9 Å². The highest BCUT2D eigenvalue weighted by Gasteiger charge is 2.09. The van der Waals surface area contributed by atoms with E-state index < -0.39 is 0 Å². The second kappa shape index (κ2) is 5.85. The van der Waals surface area contributed by atoms with Gasteiger partial charge in [0.05, 0.1) is 12.8 Å². The molecular formula is C15H17ClN2O. The Morgan fingerprint density at radius 2 is 1.84 bits per heavy atom. The van der Waals surface area contributed by atoms with E-state index in [1.807, 2.05) is 49.5 Å². The summed E-state index contributed by atoms with van der Waals surface area (Å²) in [6.07, 6.45) is 0. The molecule has 4 heteroatoms. The van der Waals surface area contributed by atoms with Crippen LogP contribution in [0.15, 0.2) is 42.5 Å². The molecule has 100 valence electrons. The average molecular weight is 277 g/mol. The third-order valence-corrected chi connectivity index (χ3v) is 3.19. The summed E-state index contributed by atoms with van der Waals surface area (Å²) in [5.41, 5.74) is 8.60. The highest BCUT2D eigenvalue weighted by molar-refractivity contribution is 6.30. The van der Waals surface area contributed by atoms with Gasteiger partial charge in [0.25, 0.3) is 0 Å². The number of nitrogens with zero attached hydrogens (tertiary/aromatic N) is 1. The van der Waals surface area contributed by atoms with Gasteiger partial charge in [-0.15, -0.1) is 0 Å². The van der Waals surface area contributed by atoms with Crippen LogP contribution in [0, 0.1) is 0 Å². The molecule has 0 spiro atoms. The predicted octanol–water partition coefficient (Wildman–Crippen LogP) is 3.57. The van der Waals surface area contributed by atoms with Crippen molar-refractivity contribution in [3.05, 3.63) is 53.1 Å². The molecular weight excluding hydrogens is 260 g/mol. The number of ether oxygens (including phenoxy) is 1. The molecule has 0 amide bonds. The molecule has 0 unspecified atom stereocenters. The van der Waals surface area contributed by atoms with Gasteiger partial charge in [-0.2, -0.15) is 0 Å². The molecule has 0 saturated heterocycles. The molecule has 2 rings (SSSR count). The van der Waals surface area contributed by atoms with Crippen LogP contribution in [0.5, 0.6) is 5.75 Å². The maximum Gasteiger partial charge on any atom is 0.142 e. The average Bonchev–Trinajstić information content (AvgIpc) is 2.41. The van der Waals surface area contributed by atoms with Crippen molar-refractivity contribution < 1.29 is 4.74 Å². The van der Waals surface area contributed by atoms with Crippen molar-refractivity contribution in [2.45, 2.75) is 6.54 Å². The minimum absolute atomic E-state index is 0.694. The van der Waals surface area contributed by atoms with Crippen molar-refractivity contribution in [3.8, 4) is 5.75 Å². The molecule has 2 aromatic rings. The largest absolute Gasteiger partial charge is 0.495 e. The number of hydrogen-bond acceptors (Lipinski definition) is 3. The topological polar surface area (TPSA) is 38.5 Å². The number of hydrogen-bond donors (Lipinski definition) is 1. The molecule has 0 bridgehead atoms. The molecule has 0 aromatic heterocycles. The van der Waals surface area contributed by atoms with Crippen molar-refractivity contribution in [1.29, 1.82) is 0 Å². The fourth-order valence-electron chi connectivity index (χ4n) is 1.94. The number of halogens is 1. The Morgan fingerprint density at radius 1 is 1.16 bits per heavy atom. The quantitative estimate of drug-likeness (QED) is 0.868. The highest BCUT2D eigenvalue weighted by Crippen LogP contribution is 2.31. The minimum Gasteiger partial charge on any atom is -0.495 e. The second-order valence-electron chi connectivity index (χ2n) is 4.41. The number of nitrogen functional groups attached to an aromatic ring is 1. The van der Waals surface area contributed by atoms with Gasteiger partial charge >= 0.3 is 0 Å². The lowest BCUT2D eigenvalue weighted by Gasteiger charge is -2.22. The first-order chi connectivity index (χ1) is 9.10. The van der Waals surface area contributed by atoms with Gasteiger partial charge in [0, 0.05) is 24.3 Å². The Hall–Kier alpha value is -1.87. The zero-order valence-electron chi connectivity index (χ0n) is 11.1. The Kier molecular flexibility index (Phi) is 4.17. The van der Waals surface area contributed by atoms with Gasteiger partial charge in [-0.25, -0.2) is 0 Å². The maximum absolute atomic E-state index is 6.04. The van der Waals surface area contributed by atoms with E-state index in [0.29, 0.717) is 5.02 Å². The number of anilines is 2. The first-order valence-electron chi connectivity index (χ1n) is 5.99. The number of nitrogens with two attached hydrogens (primary N) is 1. The lowest BCUT2D eigenvalue weighted by atomic mass is 10.2. The van der Waals surface area contributed by atoms with Crippen LogP contribution < -0.4 is 15.4 Å². The van der Waals surface area contributed by atoms with Gasteiger partial charge < -0.3 is 15.4 Å². The van der Waals surface area contributed by atoms with Gasteiger partial charge in [-0.1, -0.05) is 23.7 Å².